The second-order valence-electron chi connectivity index (χ2n) is 6.63. The van der Waals surface area contributed by atoms with Gasteiger partial charge in [0.1, 0.15) is 23.3 Å². The molecule has 0 amide bonds. The van der Waals surface area contributed by atoms with Gasteiger partial charge in [0.25, 0.3) is 0 Å². The van der Waals surface area contributed by atoms with Gasteiger partial charge in [0.2, 0.25) is 0 Å². The van der Waals surface area contributed by atoms with Crippen LogP contribution in [0.15, 0.2) is 18.2 Å². The highest BCUT2D eigenvalue weighted by molar-refractivity contribution is 5.36. The molecule has 4 heteroatoms. The van der Waals surface area contributed by atoms with Crippen LogP contribution in [0.5, 0.6) is 5.75 Å². The Bertz CT molecular complexity index is 494. The lowest BCUT2D eigenvalue weighted by Crippen LogP contribution is -2.37. The van der Waals surface area contributed by atoms with Gasteiger partial charge < -0.3 is 14.6 Å². The van der Waals surface area contributed by atoms with E-state index in [1.165, 1.54) is 12.1 Å². The van der Waals surface area contributed by atoms with Gasteiger partial charge in [0.05, 0.1) is 11.7 Å². The molecule has 1 fully saturated rings. The summed E-state index contributed by atoms with van der Waals surface area (Å²) in [6, 6.07) is 4.21. The maximum atomic E-state index is 13.4. The van der Waals surface area contributed by atoms with Gasteiger partial charge in [0, 0.05) is 18.1 Å². The molecule has 0 aromatic heterocycles. The van der Waals surface area contributed by atoms with Crippen molar-refractivity contribution in [1.29, 1.82) is 0 Å². The normalized spacial score (nSPS) is 25.4. The number of hydrogen-bond donors (Lipinski definition) is 1. The van der Waals surface area contributed by atoms with E-state index >= 15 is 0 Å². The van der Waals surface area contributed by atoms with E-state index in [-0.39, 0.29) is 17.5 Å². The molecule has 0 saturated carbocycles. The number of aliphatic hydroxyl groups excluding tert-OH is 1. The monoisotopic (exact) mass is 282 g/mol. The van der Waals surface area contributed by atoms with Crippen molar-refractivity contribution in [1.82, 2.24) is 0 Å². The maximum absolute atomic E-state index is 13.4. The van der Waals surface area contributed by atoms with Gasteiger partial charge in [-0.25, -0.2) is 4.39 Å². The lowest BCUT2D eigenvalue weighted by atomic mass is 9.97. The van der Waals surface area contributed by atoms with Gasteiger partial charge in [-0.1, -0.05) is 0 Å². The van der Waals surface area contributed by atoms with Crippen LogP contribution in [0.2, 0.25) is 0 Å². The Morgan fingerprint density at radius 3 is 2.50 bits per heavy atom. The standard InChI is InChI=1S/C16H23FO3/c1-10(18)12-7-6-11(17)8-13(12)19-14-9-15(2,3)20-16(14,4)5/h6-8,10,14,18H,9H2,1-5H3. The molecule has 112 valence electrons. The molecule has 1 aromatic rings. The van der Waals surface area contributed by atoms with E-state index < -0.39 is 11.7 Å². The molecule has 1 saturated heterocycles. The minimum atomic E-state index is -0.705. The number of aliphatic hydroxyl groups is 1. The first-order valence-electron chi connectivity index (χ1n) is 6.95. The fourth-order valence-electron chi connectivity index (χ4n) is 2.80. The minimum absolute atomic E-state index is 0.184. The molecular formula is C16H23FO3. The predicted molar refractivity (Wildman–Crippen MR) is 75.3 cm³/mol. The average molecular weight is 282 g/mol. The van der Waals surface area contributed by atoms with Crippen molar-refractivity contribution in [3.63, 3.8) is 0 Å². The summed E-state index contributed by atoms with van der Waals surface area (Å²) in [6.45, 7) is 9.60. The van der Waals surface area contributed by atoms with Crippen molar-refractivity contribution >= 4 is 0 Å². The molecule has 0 aliphatic carbocycles. The van der Waals surface area contributed by atoms with E-state index in [0.717, 1.165) is 6.42 Å². The van der Waals surface area contributed by atoms with Crippen LogP contribution in [0.1, 0.15) is 52.7 Å². The van der Waals surface area contributed by atoms with E-state index in [1.807, 2.05) is 27.7 Å². The van der Waals surface area contributed by atoms with E-state index in [4.69, 9.17) is 9.47 Å². The Kier molecular flexibility index (Phi) is 3.82. The highest BCUT2D eigenvalue weighted by Crippen LogP contribution is 2.40. The van der Waals surface area contributed by atoms with Gasteiger partial charge >= 0.3 is 0 Å². The Labute approximate surface area is 119 Å². The Morgan fingerprint density at radius 2 is 2.00 bits per heavy atom. The molecule has 1 aliphatic rings. The summed E-state index contributed by atoms with van der Waals surface area (Å²) in [6.07, 6.45) is -0.170. The van der Waals surface area contributed by atoms with Crippen LogP contribution >= 0.6 is 0 Å². The van der Waals surface area contributed by atoms with Crippen LogP contribution in [0.4, 0.5) is 4.39 Å². The van der Waals surface area contributed by atoms with Crippen LogP contribution in [0.25, 0.3) is 0 Å². The van der Waals surface area contributed by atoms with Crippen LogP contribution in [-0.4, -0.2) is 22.4 Å². The minimum Gasteiger partial charge on any atom is -0.487 e. The summed E-state index contributed by atoms with van der Waals surface area (Å²) >= 11 is 0. The number of benzene rings is 1. The fraction of sp³-hybridized carbons (Fsp3) is 0.625. The summed E-state index contributed by atoms with van der Waals surface area (Å²) in [5.41, 5.74) is -0.134. The molecule has 20 heavy (non-hydrogen) atoms. The molecule has 3 nitrogen and oxygen atoms in total. The highest BCUT2D eigenvalue weighted by Gasteiger charge is 2.47. The zero-order chi connectivity index (χ0) is 15.1. The van der Waals surface area contributed by atoms with Crippen molar-refractivity contribution in [3.05, 3.63) is 29.6 Å². The summed E-state index contributed by atoms with van der Waals surface area (Å²) in [5.74, 6) is 0.0137. The zero-order valence-electron chi connectivity index (χ0n) is 12.7. The maximum Gasteiger partial charge on any atom is 0.130 e. The first kappa shape index (κ1) is 15.3. The van der Waals surface area contributed by atoms with Crippen LogP contribution in [-0.2, 0) is 4.74 Å². The largest absolute Gasteiger partial charge is 0.487 e. The number of halogens is 1. The van der Waals surface area contributed by atoms with Crippen molar-refractivity contribution in [2.75, 3.05) is 0 Å². The second-order valence-corrected chi connectivity index (χ2v) is 6.63. The smallest absolute Gasteiger partial charge is 0.130 e. The van der Waals surface area contributed by atoms with Crippen molar-refractivity contribution in [3.8, 4) is 5.75 Å². The quantitative estimate of drug-likeness (QED) is 0.920. The molecule has 2 unspecified atom stereocenters. The summed E-state index contributed by atoms with van der Waals surface area (Å²) in [7, 11) is 0. The molecule has 1 aromatic carbocycles. The first-order chi connectivity index (χ1) is 9.11. The molecule has 0 bridgehead atoms. The van der Waals surface area contributed by atoms with E-state index in [2.05, 4.69) is 0 Å². The Morgan fingerprint density at radius 1 is 1.35 bits per heavy atom. The Balaban J connectivity index is 2.28. The van der Waals surface area contributed by atoms with Crippen LogP contribution < -0.4 is 4.74 Å². The van der Waals surface area contributed by atoms with Crippen LogP contribution in [0, 0.1) is 5.82 Å². The van der Waals surface area contributed by atoms with Crippen molar-refractivity contribution < 1.29 is 19.0 Å². The Hall–Kier alpha value is -1.13. The summed E-state index contributed by atoms with van der Waals surface area (Å²) in [5, 5.41) is 9.77. The predicted octanol–water partition coefficient (Wildman–Crippen LogP) is 3.60. The highest BCUT2D eigenvalue weighted by atomic mass is 19.1. The lowest BCUT2D eigenvalue weighted by Gasteiger charge is -2.28. The van der Waals surface area contributed by atoms with Gasteiger partial charge in [-0.3, -0.25) is 0 Å². The molecular weight excluding hydrogens is 259 g/mol. The van der Waals surface area contributed by atoms with E-state index in [1.54, 1.807) is 13.0 Å². The number of rotatable bonds is 3. The van der Waals surface area contributed by atoms with E-state index in [0.29, 0.717) is 11.3 Å². The summed E-state index contributed by atoms with van der Waals surface area (Å²) in [4.78, 5) is 0. The van der Waals surface area contributed by atoms with Gasteiger partial charge in [-0.05, 0) is 46.8 Å². The topological polar surface area (TPSA) is 38.7 Å². The average Bonchev–Trinajstić information content (AvgIpc) is 2.46. The third kappa shape index (κ3) is 3.13. The fourth-order valence-corrected chi connectivity index (χ4v) is 2.80. The molecule has 1 aliphatic heterocycles. The SMILES string of the molecule is CC(O)c1ccc(F)cc1OC1CC(C)(C)OC1(C)C. The first-order valence-corrected chi connectivity index (χ1v) is 6.95. The third-order valence-electron chi connectivity index (χ3n) is 3.69. The molecule has 1 N–H and O–H groups in total. The molecule has 1 heterocycles. The molecule has 2 atom stereocenters. The van der Waals surface area contributed by atoms with Crippen LogP contribution in [0.3, 0.4) is 0 Å². The van der Waals surface area contributed by atoms with Crippen molar-refractivity contribution in [2.24, 2.45) is 0 Å². The molecule has 0 radical (unpaired) electrons. The number of ether oxygens (including phenoxy) is 2. The second kappa shape index (κ2) is 5.01. The van der Waals surface area contributed by atoms with Gasteiger partial charge in [-0.15, -0.1) is 0 Å². The zero-order valence-corrected chi connectivity index (χ0v) is 12.7. The van der Waals surface area contributed by atoms with Gasteiger partial charge in [-0.2, -0.15) is 0 Å². The molecule has 2 rings (SSSR count). The number of hydrogen-bond acceptors (Lipinski definition) is 3. The van der Waals surface area contributed by atoms with E-state index in [9.17, 15) is 9.50 Å². The van der Waals surface area contributed by atoms with Gasteiger partial charge in [0.15, 0.2) is 0 Å². The van der Waals surface area contributed by atoms with Crippen molar-refractivity contribution in [2.45, 2.75) is 64.4 Å². The lowest BCUT2D eigenvalue weighted by molar-refractivity contribution is -0.0848. The molecule has 0 spiro atoms. The third-order valence-corrected chi connectivity index (χ3v) is 3.69. The summed E-state index contributed by atoms with van der Waals surface area (Å²) < 4.78 is 25.4.